The Morgan fingerprint density at radius 1 is 1.26 bits per heavy atom. The maximum Gasteiger partial charge on any atom is 0.127 e. The van der Waals surface area contributed by atoms with Crippen molar-refractivity contribution in [1.82, 2.24) is 10.2 Å². The van der Waals surface area contributed by atoms with Gasteiger partial charge in [-0.2, -0.15) is 0 Å². The molecule has 0 aliphatic carbocycles. The van der Waals surface area contributed by atoms with Gasteiger partial charge in [0.05, 0.1) is 0 Å². The molecule has 0 atom stereocenters. The molecule has 0 saturated carbocycles. The molecule has 3 heteroatoms. The molecule has 0 heterocycles. The first-order valence-corrected chi connectivity index (χ1v) is 7.27. The zero-order chi connectivity index (χ0) is 14.3. The van der Waals surface area contributed by atoms with Crippen LogP contribution in [0, 0.1) is 11.7 Å². The molecule has 0 aliphatic heterocycles. The third-order valence-electron chi connectivity index (χ3n) is 3.15. The molecule has 1 N–H and O–H groups in total. The van der Waals surface area contributed by atoms with Gasteiger partial charge in [0, 0.05) is 25.2 Å². The van der Waals surface area contributed by atoms with Gasteiger partial charge in [-0.25, -0.2) is 4.39 Å². The highest BCUT2D eigenvalue weighted by molar-refractivity contribution is 5.25. The first kappa shape index (κ1) is 16.1. The fraction of sp³-hybridized carbons (Fsp3) is 0.625. The molecule has 0 amide bonds. The van der Waals surface area contributed by atoms with E-state index in [9.17, 15) is 4.39 Å². The van der Waals surface area contributed by atoms with Gasteiger partial charge in [0.15, 0.2) is 0 Å². The van der Waals surface area contributed by atoms with E-state index >= 15 is 0 Å². The second-order valence-electron chi connectivity index (χ2n) is 5.43. The Bertz CT molecular complexity index is 377. The van der Waals surface area contributed by atoms with Crippen molar-refractivity contribution in [3.8, 4) is 0 Å². The van der Waals surface area contributed by atoms with E-state index < -0.39 is 0 Å². The van der Waals surface area contributed by atoms with Crippen LogP contribution in [0.1, 0.15) is 38.8 Å². The van der Waals surface area contributed by atoms with Gasteiger partial charge >= 0.3 is 0 Å². The lowest BCUT2D eigenvalue weighted by atomic mass is 10.1. The molecular weight excluding hydrogens is 239 g/mol. The SMILES string of the molecule is CCNCc1ccc(F)c(CN(CC)CC(C)C)c1. The number of nitrogens with zero attached hydrogens (tertiary/aromatic N) is 1. The zero-order valence-electron chi connectivity index (χ0n) is 12.7. The molecule has 0 radical (unpaired) electrons. The van der Waals surface area contributed by atoms with Gasteiger partial charge in [-0.05, 0) is 30.6 Å². The maximum absolute atomic E-state index is 13.9. The van der Waals surface area contributed by atoms with Gasteiger partial charge < -0.3 is 5.32 Å². The van der Waals surface area contributed by atoms with E-state index in [-0.39, 0.29) is 5.82 Å². The molecule has 0 aromatic heterocycles. The molecule has 0 aliphatic rings. The van der Waals surface area contributed by atoms with Crippen LogP contribution in [0.3, 0.4) is 0 Å². The van der Waals surface area contributed by atoms with Crippen molar-refractivity contribution >= 4 is 0 Å². The molecule has 0 fully saturated rings. The summed E-state index contributed by atoms with van der Waals surface area (Å²) in [6.07, 6.45) is 0. The molecule has 0 saturated heterocycles. The molecule has 0 bridgehead atoms. The minimum absolute atomic E-state index is 0.0949. The van der Waals surface area contributed by atoms with Crippen molar-refractivity contribution in [3.05, 3.63) is 35.1 Å². The quantitative estimate of drug-likeness (QED) is 0.775. The first-order chi connectivity index (χ1) is 9.06. The van der Waals surface area contributed by atoms with E-state index in [4.69, 9.17) is 0 Å². The minimum Gasteiger partial charge on any atom is -0.313 e. The molecule has 0 spiro atoms. The second kappa shape index (κ2) is 8.28. The largest absolute Gasteiger partial charge is 0.313 e. The van der Waals surface area contributed by atoms with E-state index in [1.807, 2.05) is 12.1 Å². The minimum atomic E-state index is -0.0949. The highest BCUT2D eigenvalue weighted by atomic mass is 19.1. The second-order valence-corrected chi connectivity index (χ2v) is 5.43. The van der Waals surface area contributed by atoms with E-state index in [1.54, 1.807) is 6.07 Å². The summed E-state index contributed by atoms with van der Waals surface area (Å²) in [5.74, 6) is 0.510. The van der Waals surface area contributed by atoms with Crippen LogP contribution in [0.5, 0.6) is 0 Å². The Morgan fingerprint density at radius 2 is 2.00 bits per heavy atom. The van der Waals surface area contributed by atoms with Crippen molar-refractivity contribution in [1.29, 1.82) is 0 Å². The van der Waals surface area contributed by atoms with Crippen LogP contribution in [-0.2, 0) is 13.1 Å². The Balaban J connectivity index is 2.74. The molecule has 1 aromatic rings. The molecule has 19 heavy (non-hydrogen) atoms. The Hall–Kier alpha value is -0.930. The summed E-state index contributed by atoms with van der Waals surface area (Å²) in [4.78, 5) is 2.29. The van der Waals surface area contributed by atoms with Crippen molar-refractivity contribution in [3.63, 3.8) is 0 Å². The highest BCUT2D eigenvalue weighted by Gasteiger charge is 2.10. The van der Waals surface area contributed by atoms with Crippen LogP contribution in [0.2, 0.25) is 0 Å². The van der Waals surface area contributed by atoms with Crippen molar-refractivity contribution in [2.45, 2.75) is 40.8 Å². The van der Waals surface area contributed by atoms with E-state index in [0.29, 0.717) is 12.5 Å². The van der Waals surface area contributed by atoms with Gasteiger partial charge in [0.2, 0.25) is 0 Å². The summed E-state index contributed by atoms with van der Waals surface area (Å²) in [5.41, 5.74) is 1.96. The van der Waals surface area contributed by atoms with E-state index in [1.165, 1.54) is 0 Å². The summed E-state index contributed by atoms with van der Waals surface area (Å²) in [7, 11) is 0. The average molecular weight is 266 g/mol. The van der Waals surface area contributed by atoms with Gasteiger partial charge in [-0.1, -0.05) is 39.8 Å². The number of rotatable bonds is 8. The van der Waals surface area contributed by atoms with Gasteiger partial charge in [0.25, 0.3) is 0 Å². The molecular formula is C16H27FN2. The monoisotopic (exact) mass is 266 g/mol. The number of hydrogen-bond acceptors (Lipinski definition) is 2. The first-order valence-electron chi connectivity index (χ1n) is 7.27. The predicted octanol–water partition coefficient (Wildman–Crippen LogP) is 3.41. The molecule has 1 rings (SSSR count). The van der Waals surface area contributed by atoms with Crippen LogP contribution in [0.15, 0.2) is 18.2 Å². The molecule has 1 aromatic carbocycles. The molecule has 108 valence electrons. The lowest BCUT2D eigenvalue weighted by molar-refractivity contribution is 0.245. The predicted molar refractivity (Wildman–Crippen MR) is 79.6 cm³/mol. The van der Waals surface area contributed by atoms with E-state index in [2.05, 4.69) is 37.9 Å². The van der Waals surface area contributed by atoms with Crippen LogP contribution in [0.25, 0.3) is 0 Å². The van der Waals surface area contributed by atoms with Crippen LogP contribution in [0.4, 0.5) is 4.39 Å². The number of nitrogens with one attached hydrogen (secondary N) is 1. The van der Waals surface area contributed by atoms with E-state index in [0.717, 1.165) is 37.3 Å². The summed E-state index contributed by atoms with van der Waals surface area (Å²) >= 11 is 0. The standard InChI is InChI=1S/C16H27FN2/c1-5-18-10-14-7-8-16(17)15(9-14)12-19(6-2)11-13(3)4/h7-9,13,18H,5-6,10-12H2,1-4H3. The summed E-state index contributed by atoms with van der Waals surface area (Å²) in [6.45, 7) is 13.0. The van der Waals surface area contributed by atoms with Gasteiger partial charge in [0.1, 0.15) is 5.82 Å². The Labute approximate surface area is 117 Å². The Morgan fingerprint density at radius 3 is 2.58 bits per heavy atom. The number of benzene rings is 1. The van der Waals surface area contributed by atoms with Crippen LogP contribution < -0.4 is 5.32 Å². The lowest BCUT2D eigenvalue weighted by Gasteiger charge is -2.23. The lowest BCUT2D eigenvalue weighted by Crippen LogP contribution is -2.27. The normalized spacial score (nSPS) is 11.5. The van der Waals surface area contributed by atoms with Crippen molar-refractivity contribution in [2.24, 2.45) is 5.92 Å². The zero-order valence-corrected chi connectivity index (χ0v) is 12.7. The molecule has 0 unspecified atom stereocenters. The van der Waals surface area contributed by atoms with Crippen LogP contribution >= 0.6 is 0 Å². The fourth-order valence-electron chi connectivity index (χ4n) is 2.19. The summed E-state index contributed by atoms with van der Waals surface area (Å²) < 4.78 is 13.9. The number of halogens is 1. The average Bonchev–Trinajstić information content (AvgIpc) is 2.38. The third kappa shape index (κ3) is 5.70. The van der Waals surface area contributed by atoms with Crippen molar-refractivity contribution < 1.29 is 4.39 Å². The molecule has 2 nitrogen and oxygen atoms in total. The highest BCUT2D eigenvalue weighted by Crippen LogP contribution is 2.14. The third-order valence-corrected chi connectivity index (χ3v) is 3.15. The Kier molecular flexibility index (Phi) is 7.03. The maximum atomic E-state index is 13.9. The van der Waals surface area contributed by atoms with Gasteiger partial charge in [-0.15, -0.1) is 0 Å². The summed E-state index contributed by atoms with van der Waals surface area (Å²) in [6, 6.07) is 5.44. The fourth-order valence-corrected chi connectivity index (χ4v) is 2.19. The number of hydrogen-bond donors (Lipinski definition) is 1. The van der Waals surface area contributed by atoms with Crippen molar-refractivity contribution in [2.75, 3.05) is 19.6 Å². The van der Waals surface area contributed by atoms with Gasteiger partial charge in [-0.3, -0.25) is 4.90 Å². The van der Waals surface area contributed by atoms with Crippen LogP contribution in [-0.4, -0.2) is 24.5 Å². The smallest absolute Gasteiger partial charge is 0.127 e. The summed E-state index contributed by atoms with van der Waals surface area (Å²) in [5, 5.41) is 3.27. The topological polar surface area (TPSA) is 15.3 Å².